The van der Waals surface area contributed by atoms with Gasteiger partial charge in [0.2, 0.25) is 0 Å². The molecule has 2 aliphatic carbocycles. The van der Waals surface area contributed by atoms with E-state index in [0.717, 1.165) is 12.8 Å². The van der Waals surface area contributed by atoms with Gasteiger partial charge in [-0.15, -0.1) is 6.58 Å². The highest BCUT2D eigenvalue weighted by atomic mass is 16.7. The van der Waals surface area contributed by atoms with E-state index in [1.807, 2.05) is 6.08 Å². The molecule has 90 valence electrons. The molecular formula is C13H20O3. The van der Waals surface area contributed by atoms with Crippen molar-refractivity contribution >= 4 is 5.78 Å². The van der Waals surface area contributed by atoms with Crippen LogP contribution >= 0.6 is 0 Å². The van der Waals surface area contributed by atoms with Crippen molar-refractivity contribution in [2.24, 2.45) is 16.7 Å². The second-order valence-electron chi connectivity index (χ2n) is 5.40. The van der Waals surface area contributed by atoms with Crippen molar-refractivity contribution in [2.75, 3.05) is 13.9 Å². The molecule has 0 saturated heterocycles. The molecule has 2 bridgehead atoms. The topological polar surface area (TPSA) is 35.5 Å². The summed E-state index contributed by atoms with van der Waals surface area (Å²) in [5, 5.41) is 0. The number of Topliss-reactive ketones (excluding diaryl/α,β-unsaturated/α-hetero) is 1. The maximum absolute atomic E-state index is 12.4. The lowest BCUT2D eigenvalue weighted by atomic mass is 9.69. The zero-order valence-corrected chi connectivity index (χ0v) is 10.3. The van der Waals surface area contributed by atoms with E-state index in [1.165, 1.54) is 0 Å². The zero-order valence-electron chi connectivity index (χ0n) is 10.3. The Balaban J connectivity index is 2.30. The van der Waals surface area contributed by atoms with Gasteiger partial charge in [-0.3, -0.25) is 4.79 Å². The summed E-state index contributed by atoms with van der Waals surface area (Å²) in [5.41, 5.74) is -0.416. The second kappa shape index (κ2) is 3.67. The van der Waals surface area contributed by atoms with Crippen LogP contribution in [0.1, 0.15) is 26.7 Å². The van der Waals surface area contributed by atoms with Crippen molar-refractivity contribution in [3.05, 3.63) is 12.7 Å². The second-order valence-corrected chi connectivity index (χ2v) is 5.40. The standard InChI is InChI=1S/C13H20O3/c1-5-13-7-6-9(12(13,2)3)10(11(13)14)16-8-15-4/h5,9-10H,1,6-8H2,2-4H3/t9-,10+,13+/m0/s1. The monoisotopic (exact) mass is 224 g/mol. The molecular weight excluding hydrogens is 204 g/mol. The van der Waals surface area contributed by atoms with Crippen molar-refractivity contribution in [1.29, 1.82) is 0 Å². The van der Waals surface area contributed by atoms with Gasteiger partial charge in [0.1, 0.15) is 12.9 Å². The van der Waals surface area contributed by atoms with Crippen molar-refractivity contribution < 1.29 is 14.3 Å². The SMILES string of the molecule is C=C[C@@]12CC[C@@H]([C@@H](OCOC)C1=O)C2(C)C. The zero-order chi connectivity index (χ0) is 12.0. The normalized spacial score (nSPS) is 40.3. The van der Waals surface area contributed by atoms with Crippen LogP contribution < -0.4 is 0 Å². The van der Waals surface area contributed by atoms with Crippen molar-refractivity contribution in [1.82, 2.24) is 0 Å². The molecule has 0 unspecified atom stereocenters. The molecule has 0 radical (unpaired) electrons. The summed E-state index contributed by atoms with van der Waals surface area (Å²) in [6.07, 6.45) is 3.49. The summed E-state index contributed by atoms with van der Waals surface area (Å²) >= 11 is 0. The van der Waals surface area contributed by atoms with Gasteiger partial charge in [0.15, 0.2) is 5.78 Å². The van der Waals surface area contributed by atoms with Crippen LogP contribution in [0.15, 0.2) is 12.7 Å². The molecule has 2 aliphatic rings. The molecule has 0 aromatic rings. The highest BCUT2D eigenvalue weighted by Crippen LogP contribution is 2.64. The third-order valence-corrected chi connectivity index (χ3v) is 4.70. The van der Waals surface area contributed by atoms with E-state index in [1.54, 1.807) is 7.11 Å². The number of methoxy groups -OCH3 is 1. The lowest BCUT2D eigenvalue weighted by Crippen LogP contribution is -2.37. The lowest BCUT2D eigenvalue weighted by Gasteiger charge is -2.32. The fourth-order valence-electron chi connectivity index (χ4n) is 3.60. The third kappa shape index (κ3) is 1.19. The van der Waals surface area contributed by atoms with Crippen LogP contribution in [0.4, 0.5) is 0 Å². The van der Waals surface area contributed by atoms with E-state index in [2.05, 4.69) is 20.4 Å². The minimum atomic E-state index is -0.379. The molecule has 0 N–H and O–H groups in total. The Hall–Kier alpha value is -0.670. The molecule has 16 heavy (non-hydrogen) atoms. The van der Waals surface area contributed by atoms with Crippen molar-refractivity contribution in [2.45, 2.75) is 32.8 Å². The average molecular weight is 224 g/mol. The number of hydrogen-bond acceptors (Lipinski definition) is 3. The minimum absolute atomic E-state index is 0.0375. The van der Waals surface area contributed by atoms with E-state index >= 15 is 0 Å². The van der Waals surface area contributed by atoms with Gasteiger partial charge in [0.25, 0.3) is 0 Å². The van der Waals surface area contributed by atoms with Crippen LogP contribution in [-0.2, 0) is 14.3 Å². The number of fused-ring (bicyclic) bond motifs is 2. The maximum atomic E-state index is 12.4. The van der Waals surface area contributed by atoms with Crippen molar-refractivity contribution in [3.63, 3.8) is 0 Å². The van der Waals surface area contributed by atoms with Crippen molar-refractivity contribution in [3.8, 4) is 0 Å². The number of hydrogen-bond donors (Lipinski definition) is 0. The fourth-order valence-corrected chi connectivity index (χ4v) is 3.60. The summed E-state index contributed by atoms with van der Waals surface area (Å²) in [5.74, 6) is 0.494. The Morgan fingerprint density at radius 3 is 2.75 bits per heavy atom. The molecule has 0 heterocycles. The minimum Gasteiger partial charge on any atom is -0.359 e. The Bertz CT molecular complexity index is 321. The van der Waals surface area contributed by atoms with Crippen LogP contribution in [-0.4, -0.2) is 25.8 Å². The van der Waals surface area contributed by atoms with Gasteiger partial charge >= 0.3 is 0 Å². The molecule has 3 nitrogen and oxygen atoms in total. The molecule has 0 amide bonds. The van der Waals surface area contributed by atoms with Gasteiger partial charge < -0.3 is 9.47 Å². The van der Waals surface area contributed by atoms with Crippen LogP contribution in [0.2, 0.25) is 0 Å². The highest BCUT2D eigenvalue weighted by Gasteiger charge is 2.67. The first-order valence-electron chi connectivity index (χ1n) is 5.79. The summed E-state index contributed by atoms with van der Waals surface area (Å²) in [6.45, 7) is 8.36. The van der Waals surface area contributed by atoms with Gasteiger partial charge in [-0.25, -0.2) is 0 Å². The number of carbonyl (C=O) groups is 1. The molecule has 0 aromatic carbocycles. The smallest absolute Gasteiger partial charge is 0.172 e. The summed E-state index contributed by atoms with van der Waals surface area (Å²) < 4.78 is 10.4. The van der Waals surface area contributed by atoms with E-state index in [9.17, 15) is 4.79 Å². The van der Waals surface area contributed by atoms with Crippen LogP contribution in [0.3, 0.4) is 0 Å². The molecule has 3 heteroatoms. The molecule has 0 aliphatic heterocycles. The quantitative estimate of drug-likeness (QED) is 0.542. The Morgan fingerprint density at radius 2 is 2.25 bits per heavy atom. The first kappa shape index (κ1) is 11.8. The largest absolute Gasteiger partial charge is 0.359 e. The molecule has 2 fully saturated rings. The third-order valence-electron chi connectivity index (χ3n) is 4.70. The first-order valence-corrected chi connectivity index (χ1v) is 5.79. The molecule has 0 spiro atoms. The van der Waals surface area contributed by atoms with Gasteiger partial charge in [-0.1, -0.05) is 19.9 Å². The van der Waals surface area contributed by atoms with Crippen LogP contribution in [0.5, 0.6) is 0 Å². The summed E-state index contributed by atoms with van der Waals surface area (Å²) in [4.78, 5) is 12.4. The number of rotatable bonds is 4. The number of ketones is 1. The van der Waals surface area contributed by atoms with Crippen LogP contribution in [0.25, 0.3) is 0 Å². The fraction of sp³-hybridized carbons (Fsp3) is 0.769. The van der Waals surface area contributed by atoms with E-state index in [0.29, 0.717) is 5.92 Å². The van der Waals surface area contributed by atoms with Gasteiger partial charge in [0.05, 0.1) is 5.41 Å². The number of carbonyl (C=O) groups excluding carboxylic acids is 1. The number of ether oxygens (including phenoxy) is 2. The van der Waals surface area contributed by atoms with Crippen LogP contribution in [0, 0.1) is 16.7 Å². The molecule has 2 rings (SSSR count). The first-order chi connectivity index (χ1) is 7.51. The number of allylic oxidation sites excluding steroid dienone is 1. The van der Waals surface area contributed by atoms with Gasteiger partial charge in [0, 0.05) is 7.11 Å². The van der Waals surface area contributed by atoms with E-state index in [-0.39, 0.29) is 29.5 Å². The Morgan fingerprint density at radius 1 is 1.56 bits per heavy atom. The van der Waals surface area contributed by atoms with E-state index < -0.39 is 0 Å². The molecule has 2 saturated carbocycles. The maximum Gasteiger partial charge on any atom is 0.172 e. The Labute approximate surface area is 96.8 Å². The predicted molar refractivity (Wildman–Crippen MR) is 60.9 cm³/mol. The molecule has 3 atom stereocenters. The van der Waals surface area contributed by atoms with Gasteiger partial charge in [-0.05, 0) is 24.2 Å². The average Bonchev–Trinajstić information content (AvgIpc) is 2.59. The summed E-state index contributed by atoms with van der Waals surface area (Å²) in [6, 6.07) is 0. The van der Waals surface area contributed by atoms with E-state index in [4.69, 9.17) is 9.47 Å². The Kier molecular flexibility index (Phi) is 2.71. The highest BCUT2D eigenvalue weighted by molar-refractivity contribution is 5.95. The predicted octanol–water partition coefficient (Wildman–Crippen LogP) is 2.17. The van der Waals surface area contributed by atoms with Gasteiger partial charge in [-0.2, -0.15) is 0 Å². The lowest BCUT2D eigenvalue weighted by molar-refractivity contribution is -0.146. The molecule has 0 aromatic heterocycles. The summed E-state index contributed by atoms with van der Waals surface area (Å²) in [7, 11) is 1.58.